The van der Waals surface area contributed by atoms with E-state index in [-0.39, 0.29) is 6.04 Å². The van der Waals surface area contributed by atoms with E-state index in [4.69, 9.17) is 11.6 Å². The first-order chi connectivity index (χ1) is 14.9. The number of halogens is 1. The van der Waals surface area contributed by atoms with Gasteiger partial charge in [-0.1, -0.05) is 29.4 Å². The van der Waals surface area contributed by atoms with Gasteiger partial charge in [0.2, 0.25) is 5.91 Å². The molecule has 10 heteroatoms. The van der Waals surface area contributed by atoms with Crippen LogP contribution in [0.15, 0.2) is 47.9 Å². The zero-order valence-electron chi connectivity index (χ0n) is 17.0. The number of carbonyl (C=O) groups excluding carboxylic acids is 2. The first kappa shape index (κ1) is 21.3. The Morgan fingerprint density at radius 1 is 1.19 bits per heavy atom. The molecule has 2 heterocycles. The quantitative estimate of drug-likeness (QED) is 0.547. The predicted octanol–water partition coefficient (Wildman–Crippen LogP) is 3.76. The molecule has 3 amide bonds. The topological polar surface area (TPSA) is 102 Å². The SMILES string of the molecule is Cc1c(Cl)cccc1-n1c(SC(C)C(=O)NC(=O)NC2CC2)nnc1-c1ccncc1. The minimum atomic E-state index is -0.572. The summed E-state index contributed by atoms with van der Waals surface area (Å²) in [6.45, 7) is 3.64. The van der Waals surface area contributed by atoms with Crippen LogP contribution in [0, 0.1) is 6.92 Å². The Labute approximate surface area is 188 Å². The third-order valence-electron chi connectivity index (χ3n) is 4.85. The van der Waals surface area contributed by atoms with Crippen molar-refractivity contribution < 1.29 is 9.59 Å². The third kappa shape index (κ3) is 4.88. The minimum Gasteiger partial charge on any atom is -0.335 e. The van der Waals surface area contributed by atoms with Crippen molar-refractivity contribution in [2.75, 3.05) is 0 Å². The van der Waals surface area contributed by atoms with E-state index in [2.05, 4.69) is 25.8 Å². The largest absolute Gasteiger partial charge is 0.335 e. The van der Waals surface area contributed by atoms with Gasteiger partial charge in [-0.05, 0) is 56.5 Å². The zero-order chi connectivity index (χ0) is 22.0. The molecule has 1 aromatic carbocycles. The summed E-state index contributed by atoms with van der Waals surface area (Å²) in [6, 6.07) is 8.98. The lowest BCUT2D eigenvalue weighted by Crippen LogP contribution is -2.43. The summed E-state index contributed by atoms with van der Waals surface area (Å²) in [6.07, 6.45) is 5.26. The first-order valence-corrected chi connectivity index (χ1v) is 11.1. The standard InChI is InChI=1S/C21H21ClN6O2S/c1-12-16(22)4-3-5-17(12)28-18(14-8-10-23-11-9-14)26-27-21(28)31-13(2)19(29)25-20(30)24-15-6-7-15/h3-5,8-11,13,15H,6-7H2,1-2H3,(H2,24,25,29,30). The maximum absolute atomic E-state index is 12.5. The van der Waals surface area contributed by atoms with Crippen LogP contribution in [-0.2, 0) is 4.79 Å². The highest BCUT2D eigenvalue weighted by Crippen LogP contribution is 2.33. The Balaban J connectivity index is 1.64. The monoisotopic (exact) mass is 456 g/mol. The Bertz CT molecular complexity index is 1120. The van der Waals surface area contributed by atoms with Gasteiger partial charge in [-0.2, -0.15) is 0 Å². The summed E-state index contributed by atoms with van der Waals surface area (Å²) in [7, 11) is 0. The molecule has 31 heavy (non-hydrogen) atoms. The van der Waals surface area contributed by atoms with Crippen molar-refractivity contribution in [3.8, 4) is 17.1 Å². The van der Waals surface area contributed by atoms with Gasteiger partial charge in [0, 0.05) is 29.0 Å². The van der Waals surface area contributed by atoms with Gasteiger partial charge >= 0.3 is 6.03 Å². The van der Waals surface area contributed by atoms with Gasteiger partial charge < -0.3 is 5.32 Å². The second-order valence-corrected chi connectivity index (χ2v) is 8.97. The summed E-state index contributed by atoms with van der Waals surface area (Å²) in [5.41, 5.74) is 2.50. The maximum atomic E-state index is 12.5. The van der Waals surface area contributed by atoms with Gasteiger partial charge in [-0.3, -0.25) is 19.7 Å². The third-order valence-corrected chi connectivity index (χ3v) is 6.30. The van der Waals surface area contributed by atoms with Crippen molar-refractivity contribution in [2.24, 2.45) is 0 Å². The molecule has 1 saturated carbocycles. The molecule has 1 fully saturated rings. The van der Waals surface area contributed by atoms with Crippen LogP contribution in [0.3, 0.4) is 0 Å². The minimum absolute atomic E-state index is 0.174. The number of nitrogens with one attached hydrogen (secondary N) is 2. The number of carbonyl (C=O) groups is 2. The number of pyridine rings is 1. The van der Waals surface area contributed by atoms with Crippen LogP contribution >= 0.6 is 23.4 Å². The molecule has 0 aliphatic heterocycles. The van der Waals surface area contributed by atoms with Crippen LogP contribution < -0.4 is 10.6 Å². The number of thioether (sulfide) groups is 1. The van der Waals surface area contributed by atoms with Crippen molar-refractivity contribution >= 4 is 35.3 Å². The van der Waals surface area contributed by atoms with E-state index in [0.717, 1.165) is 29.7 Å². The van der Waals surface area contributed by atoms with Crippen LogP contribution in [0.4, 0.5) is 4.79 Å². The zero-order valence-corrected chi connectivity index (χ0v) is 18.6. The average Bonchev–Trinajstić information content (AvgIpc) is 3.47. The molecule has 1 atom stereocenters. The van der Waals surface area contributed by atoms with Crippen LogP contribution in [-0.4, -0.2) is 43.0 Å². The smallest absolute Gasteiger partial charge is 0.321 e. The van der Waals surface area contributed by atoms with Crippen molar-refractivity contribution in [3.05, 3.63) is 53.3 Å². The fourth-order valence-corrected chi connectivity index (χ4v) is 3.99. The van der Waals surface area contributed by atoms with Crippen molar-refractivity contribution in [1.29, 1.82) is 0 Å². The van der Waals surface area contributed by atoms with Gasteiger partial charge in [-0.15, -0.1) is 10.2 Å². The average molecular weight is 457 g/mol. The van der Waals surface area contributed by atoms with E-state index in [0.29, 0.717) is 16.0 Å². The molecule has 160 valence electrons. The van der Waals surface area contributed by atoms with Crippen molar-refractivity contribution in [2.45, 2.75) is 43.1 Å². The molecule has 1 aliphatic carbocycles. The Morgan fingerprint density at radius 3 is 2.65 bits per heavy atom. The van der Waals surface area contributed by atoms with E-state index >= 15 is 0 Å². The van der Waals surface area contributed by atoms with E-state index in [1.165, 1.54) is 11.8 Å². The molecule has 2 aromatic heterocycles. The van der Waals surface area contributed by atoms with Crippen LogP contribution in [0.25, 0.3) is 17.1 Å². The number of aromatic nitrogens is 4. The second-order valence-electron chi connectivity index (χ2n) is 7.26. The highest BCUT2D eigenvalue weighted by atomic mass is 35.5. The molecule has 1 aliphatic rings. The molecule has 1 unspecified atom stereocenters. The lowest BCUT2D eigenvalue weighted by molar-refractivity contribution is -0.119. The van der Waals surface area contributed by atoms with Crippen molar-refractivity contribution in [1.82, 2.24) is 30.4 Å². The molecular formula is C21H21ClN6O2S. The fourth-order valence-electron chi connectivity index (χ4n) is 2.96. The van der Waals surface area contributed by atoms with Crippen molar-refractivity contribution in [3.63, 3.8) is 0 Å². The van der Waals surface area contributed by atoms with E-state index in [9.17, 15) is 9.59 Å². The van der Waals surface area contributed by atoms with Crippen LogP contribution in [0.5, 0.6) is 0 Å². The number of benzene rings is 1. The molecule has 3 aromatic rings. The number of hydrogen-bond acceptors (Lipinski definition) is 6. The number of imide groups is 1. The van der Waals surface area contributed by atoms with Crippen LogP contribution in [0.1, 0.15) is 25.3 Å². The number of hydrogen-bond donors (Lipinski definition) is 2. The summed E-state index contributed by atoms with van der Waals surface area (Å²) in [4.78, 5) is 28.5. The normalized spacial score (nSPS) is 14.2. The van der Waals surface area contributed by atoms with E-state index in [1.54, 1.807) is 19.3 Å². The Kier molecular flexibility index (Phi) is 6.24. The molecular weight excluding hydrogens is 436 g/mol. The van der Waals surface area contributed by atoms with E-state index in [1.807, 2.05) is 41.8 Å². The summed E-state index contributed by atoms with van der Waals surface area (Å²) < 4.78 is 1.87. The molecule has 0 radical (unpaired) electrons. The van der Waals surface area contributed by atoms with E-state index < -0.39 is 17.2 Å². The number of nitrogens with zero attached hydrogens (tertiary/aromatic N) is 4. The Hall–Kier alpha value is -2.91. The Morgan fingerprint density at radius 2 is 1.94 bits per heavy atom. The number of amides is 3. The highest BCUT2D eigenvalue weighted by molar-refractivity contribution is 8.00. The van der Waals surface area contributed by atoms with Gasteiger partial charge in [0.1, 0.15) is 0 Å². The molecule has 0 saturated heterocycles. The predicted molar refractivity (Wildman–Crippen MR) is 119 cm³/mol. The number of urea groups is 1. The van der Waals surface area contributed by atoms with Gasteiger partial charge in [-0.25, -0.2) is 4.79 Å². The summed E-state index contributed by atoms with van der Waals surface area (Å²) in [5, 5.41) is 14.4. The molecule has 4 rings (SSSR count). The van der Waals surface area contributed by atoms with Gasteiger partial charge in [0.05, 0.1) is 10.9 Å². The first-order valence-electron chi connectivity index (χ1n) is 9.83. The lowest BCUT2D eigenvalue weighted by atomic mass is 10.2. The lowest BCUT2D eigenvalue weighted by Gasteiger charge is -2.16. The molecule has 2 N–H and O–H groups in total. The number of rotatable bonds is 6. The summed E-state index contributed by atoms with van der Waals surface area (Å²) >= 11 is 7.58. The highest BCUT2D eigenvalue weighted by Gasteiger charge is 2.27. The second kappa shape index (κ2) is 9.07. The van der Waals surface area contributed by atoms with Gasteiger partial charge in [0.25, 0.3) is 0 Å². The molecule has 0 bridgehead atoms. The summed E-state index contributed by atoms with van der Waals surface area (Å²) in [5.74, 6) is 0.209. The fraction of sp³-hybridized carbons (Fsp3) is 0.286. The molecule has 8 nitrogen and oxygen atoms in total. The van der Waals surface area contributed by atoms with Gasteiger partial charge in [0.15, 0.2) is 11.0 Å². The maximum Gasteiger partial charge on any atom is 0.321 e. The van der Waals surface area contributed by atoms with Crippen LogP contribution in [0.2, 0.25) is 5.02 Å². The molecule has 0 spiro atoms.